The number of anilines is 1. The van der Waals surface area contributed by atoms with Gasteiger partial charge >= 0.3 is 0 Å². The fraction of sp³-hybridized carbons (Fsp3) is 0.533. The summed E-state index contributed by atoms with van der Waals surface area (Å²) in [6.45, 7) is 6.94. The predicted molar refractivity (Wildman–Crippen MR) is 83.3 cm³/mol. The number of para-hydroxylation sites is 1. The molecule has 0 aromatic heterocycles. The topological polar surface area (TPSA) is 44.4 Å². The molecule has 110 valence electrons. The minimum Gasteiger partial charge on any atom is -0.361 e. The van der Waals surface area contributed by atoms with E-state index in [1.807, 2.05) is 12.1 Å². The van der Waals surface area contributed by atoms with Crippen LogP contribution in [0, 0.1) is 0 Å². The Bertz CT molecular complexity index is 476. The van der Waals surface area contributed by atoms with E-state index in [0.29, 0.717) is 17.6 Å². The maximum atomic E-state index is 11.7. The molecule has 1 aromatic carbocycles. The van der Waals surface area contributed by atoms with Gasteiger partial charge < -0.3 is 15.5 Å². The molecule has 1 aromatic rings. The van der Waals surface area contributed by atoms with Gasteiger partial charge in [-0.2, -0.15) is 0 Å². The molecule has 0 bridgehead atoms. The molecule has 1 saturated heterocycles. The normalized spacial score (nSPS) is 16.2. The van der Waals surface area contributed by atoms with Gasteiger partial charge in [0, 0.05) is 25.7 Å². The fourth-order valence-electron chi connectivity index (χ4n) is 2.37. The zero-order valence-corrected chi connectivity index (χ0v) is 12.8. The van der Waals surface area contributed by atoms with Gasteiger partial charge in [0.15, 0.2) is 0 Å². The van der Waals surface area contributed by atoms with Crippen LogP contribution in [0.1, 0.15) is 25.8 Å². The summed E-state index contributed by atoms with van der Waals surface area (Å²) in [5.74, 6) is 0.0604. The number of rotatable bonds is 4. The fourth-order valence-corrected chi connectivity index (χ4v) is 2.68. The first kappa shape index (κ1) is 15.1. The molecule has 0 saturated carbocycles. The average molecular weight is 296 g/mol. The molecule has 0 spiro atoms. The highest BCUT2D eigenvalue weighted by atomic mass is 35.5. The molecule has 1 amide bonds. The highest BCUT2D eigenvalue weighted by Gasteiger charge is 2.19. The van der Waals surface area contributed by atoms with E-state index in [2.05, 4.69) is 35.4 Å². The molecule has 0 unspecified atom stereocenters. The Morgan fingerprint density at radius 1 is 1.45 bits per heavy atom. The largest absolute Gasteiger partial charge is 0.361 e. The monoisotopic (exact) mass is 295 g/mol. The summed E-state index contributed by atoms with van der Waals surface area (Å²) in [4.78, 5) is 13.8. The number of nitrogens with one attached hydrogen (secondary N) is 2. The third-order valence-electron chi connectivity index (χ3n) is 3.35. The van der Waals surface area contributed by atoms with Crippen LogP contribution in [0.5, 0.6) is 0 Å². The van der Waals surface area contributed by atoms with Gasteiger partial charge in [-0.3, -0.25) is 4.79 Å². The van der Waals surface area contributed by atoms with Gasteiger partial charge in [-0.25, -0.2) is 0 Å². The lowest BCUT2D eigenvalue weighted by Gasteiger charge is -2.26. The first-order valence-corrected chi connectivity index (χ1v) is 7.48. The Morgan fingerprint density at radius 3 is 3.00 bits per heavy atom. The lowest BCUT2D eigenvalue weighted by molar-refractivity contribution is -0.119. The lowest BCUT2D eigenvalue weighted by Crippen LogP contribution is -2.34. The summed E-state index contributed by atoms with van der Waals surface area (Å²) in [6.07, 6.45) is 0.939. The molecule has 20 heavy (non-hydrogen) atoms. The summed E-state index contributed by atoms with van der Waals surface area (Å²) in [7, 11) is 0. The van der Waals surface area contributed by atoms with E-state index < -0.39 is 0 Å². The van der Waals surface area contributed by atoms with Gasteiger partial charge in [-0.05, 0) is 18.1 Å². The standard InChI is InChI=1S/C15H22ClN3O/c1-11(2)18-9-12-5-3-6-13(16)15(12)19-8-4-7-17-14(20)10-19/h3,5-6,11,18H,4,7-10H2,1-2H3,(H,17,20). The van der Waals surface area contributed by atoms with Crippen molar-refractivity contribution in [1.82, 2.24) is 10.6 Å². The van der Waals surface area contributed by atoms with E-state index in [1.54, 1.807) is 0 Å². The van der Waals surface area contributed by atoms with Crippen LogP contribution in [0.15, 0.2) is 18.2 Å². The van der Waals surface area contributed by atoms with E-state index in [4.69, 9.17) is 11.6 Å². The van der Waals surface area contributed by atoms with Crippen molar-refractivity contribution < 1.29 is 4.79 Å². The van der Waals surface area contributed by atoms with E-state index in [-0.39, 0.29) is 5.91 Å². The second-order valence-electron chi connectivity index (χ2n) is 5.41. The summed E-state index contributed by atoms with van der Waals surface area (Å²) in [6, 6.07) is 6.33. The third-order valence-corrected chi connectivity index (χ3v) is 3.65. The van der Waals surface area contributed by atoms with Crippen molar-refractivity contribution in [2.75, 3.05) is 24.5 Å². The number of carbonyl (C=O) groups excluding carboxylic acids is 1. The van der Waals surface area contributed by atoms with E-state index in [9.17, 15) is 4.79 Å². The van der Waals surface area contributed by atoms with Crippen molar-refractivity contribution in [1.29, 1.82) is 0 Å². The SMILES string of the molecule is CC(C)NCc1cccc(Cl)c1N1CCCNC(=O)C1. The van der Waals surface area contributed by atoms with E-state index in [1.165, 1.54) is 0 Å². The Morgan fingerprint density at radius 2 is 2.25 bits per heavy atom. The van der Waals surface area contributed by atoms with Crippen molar-refractivity contribution >= 4 is 23.2 Å². The van der Waals surface area contributed by atoms with Crippen molar-refractivity contribution in [3.05, 3.63) is 28.8 Å². The number of benzene rings is 1. The molecule has 1 fully saturated rings. The average Bonchev–Trinajstić information content (AvgIpc) is 2.61. The second-order valence-corrected chi connectivity index (χ2v) is 5.82. The van der Waals surface area contributed by atoms with Crippen LogP contribution in [-0.4, -0.2) is 31.6 Å². The number of nitrogens with zero attached hydrogens (tertiary/aromatic N) is 1. The minimum atomic E-state index is 0.0604. The lowest BCUT2D eigenvalue weighted by atomic mass is 10.1. The highest BCUT2D eigenvalue weighted by Crippen LogP contribution is 2.30. The van der Waals surface area contributed by atoms with Crippen molar-refractivity contribution in [2.24, 2.45) is 0 Å². The molecular formula is C15H22ClN3O. The van der Waals surface area contributed by atoms with Crippen molar-refractivity contribution in [3.8, 4) is 0 Å². The third kappa shape index (κ3) is 3.87. The second kappa shape index (κ2) is 6.95. The zero-order valence-electron chi connectivity index (χ0n) is 12.1. The first-order valence-electron chi connectivity index (χ1n) is 7.10. The first-order chi connectivity index (χ1) is 9.58. The van der Waals surface area contributed by atoms with Gasteiger partial charge in [-0.1, -0.05) is 37.6 Å². The van der Waals surface area contributed by atoms with Crippen LogP contribution in [0.3, 0.4) is 0 Å². The van der Waals surface area contributed by atoms with E-state index in [0.717, 1.165) is 37.3 Å². The Labute approximate surface area is 125 Å². The van der Waals surface area contributed by atoms with Gasteiger partial charge in [-0.15, -0.1) is 0 Å². The molecule has 0 atom stereocenters. The van der Waals surface area contributed by atoms with Crippen LogP contribution < -0.4 is 15.5 Å². The summed E-state index contributed by atoms with van der Waals surface area (Å²) < 4.78 is 0. The molecule has 0 radical (unpaired) electrons. The molecule has 1 aliphatic rings. The maximum absolute atomic E-state index is 11.7. The predicted octanol–water partition coefficient (Wildman–Crippen LogP) is 2.16. The number of hydrogen-bond donors (Lipinski definition) is 2. The van der Waals surface area contributed by atoms with Crippen LogP contribution in [-0.2, 0) is 11.3 Å². The number of amides is 1. The van der Waals surface area contributed by atoms with Gasteiger partial charge in [0.05, 0.1) is 17.3 Å². The summed E-state index contributed by atoms with van der Waals surface area (Å²) >= 11 is 6.38. The van der Waals surface area contributed by atoms with Crippen LogP contribution in [0.2, 0.25) is 5.02 Å². The number of halogens is 1. The maximum Gasteiger partial charge on any atom is 0.239 e. The Hall–Kier alpha value is -1.26. The quantitative estimate of drug-likeness (QED) is 0.895. The molecule has 2 N–H and O–H groups in total. The van der Waals surface area contributed by atoms with Gasteiger partial charge in [0.2, 0.25) is 5.91 Å². The van der Waals surface area contributed by atoms with Crippen molar-refractivity contribution in [2.45, 2.75) is 32.9 Å². The summed E-state index contributed by atoms with van der Waals surface area (Å²) in [5, 5.41) is 7.01. The zero-order chi connectivity index (χ0) is 14.5. The molecule has 0 aliphatic carbocycles. The van der Waals surface area contributed by atoms with Crippen LogP contribution >= 0.6 is 11.6 Å². The van der Waals surface area contributed by atoms with E-state index >= 15 is 0 Å². The molecule has 4 nitrogen and oxygen atoms in total. The Balaban J connectivity index is 2.25. The number of hydrogen-bond acceptors (Lipinski definition) is 3. The molecule has 2 rings (SSSR count). The molecule has 5 heteroatoms. The molecular weight excluding hydrogens is 274 g/mol. The summed E-state index contributed by atoms with van der Waals surface area (Å²) in [5.41, 5.74) is 2.13. The molecule has 1 heterocycles. The van der Waals surface area contributed by atoms with Gasteiger partial charge in [0.25, 0.3) is 0 Å². The van der Waals surface area contributed by atoms with Gasteiger partial charge in [0.1, 0.15) is 0 Å². The van der Waals surface area contributed by atoms with Crippen molar-refractivity contribution in [3.63, 3.8) is 0 Å². The number of carbonyl (C=O) groups is 1. The minimum absolute atomic E-state index is 0.0604. The highest BCUT2D eigenvalue weighted by molar-refractivity contribution is 6.33. The van der Waals surface area contributed by atoms with Crippen LogP contribution in [0.4, 0.5) is 5.69 Å². The van der Waals surface area contributed by atoms with Crippen LogP contribution in [0.25, 0.3) is 0 Å². The Kier molecular flexibility index (Phi) is 5.26. The molecule has 1 aliphatic heterocycles. The smallest absolute Gasteiger partial charge is 0.239 e.